The molecule has 0 aliphatic heterocycles. The number of anilines is 1. The van der Waals surface area contributed by atoms with Crippen LogP contribution in [0.4, 0.5) is 5.69 Å². The molecule has 0 atom stereocenters. The lowest BCUT2D eigenvalue weighted by Gasteiger charge is -2.10. The number of carbonyl (C=O) groups is 2. The fourth-order valence-corrected chi connectivity index (χ4v) is 2.34. The SMILES string of the molecule is O=C(Nc1cc(Cl)ccc1C(=O)O)c1ccc(Cl)cc1Cl. The maximum atomic E-state index is 12.2. The van der Waals surface area contributed by atoms with E-state index in [0.29, 0.717) is 10.0 Å². The van der Waals surface area contributed by atoms with Gasteiger partial charge in [-0.05, 0) is 36.4 Å². The van der Waals surface area contributed by atoms with Crippen LogP contribution in [0.15, 0.2) is 36.4 Å². The maximum Gasteiger partial charge on any atom is 0.337 e. The van der Waals surface area contributed by atoms with Gasteiger partial charge in [-0.1, -0.05) is 34.8 Å². The average Bonchev–Trinajstić information content (AvgIpc) is 2.37. The second-order valence-electron chi connectivity index (χ2n) is 4.07. The number of rotatable bonds is 3. The average molecular weight is 345 g/mol. The quantitative estimate of drug-likeness (QED) is 0.855. The monoisotopic (exact) mass is 343 g/mol. The molecule has 0 saturated carbocycles. The molecule has 2 N–H and O–H groups in total. The minimum absolute atomic E-state index is 0.0714. The van der Waals surface area contributed by atoms with Gasteiger partial charge in [0, 0.05) is 10.0 Å². The second-order valence-corrected chi connectivity index (χ2v) is 5.35. The van der Waals surface area contributed by atoms with E-state index in [0.717, 1.165) is 0 Å². The van der Waals surface area contributed by atoms with E-state index in [1.807, 2.05) is 0 Å². The number of halogens is 3. The van der Waals surface area contributed by atoms with Crippen LogP contribution in [0.1, 0.15) is 20.7 Å². The number of aromatic carboxylic acids is 1. The van der Waals surface area contributed by atoms with Gasteiger partial charge in [0.25, 0.3) is 5.91 Å². The minimum Gasteiger partial charge on any atom is -0.478 e. The molecule has 1 amide bonds. The first-order valence-electron chi connectivity index (χ1n) is 5.67. The highest BCUT2D eigenvalue weighted by molar-refractivity contribution is 6.37. The van der Waals surface area contributed by atoms with E-state index in [2.05, 4.69) is 5.32 Å². The number of nitrogens with one attached hydrogen (secondary N) is 1. The Morgan fingerprint density at radius 1 is 0.905 bits per heavy atom. The zero-order valence-corrected chi connectivity index (χ0v) is 12.6. The van der Waals surface area contributed by atoms with Crippen molar-refractivity contribution in [3.05, 3.63) is 62.6 Å². The summed E-state index contributed by atoms with van der Waals surface area (Å²) in [6.07, 6.45) is 0. The molecule has 0 bridgehead atoms. The van der Waals surface area contributed by atoms with Gasteiger partial charge < -0.3 is 10.4 Å². The molecule has 2 rings (SSSR count). The maximum absolute atomic E-state index is 12.2. The molecule has 108 valence electrons. The highest BCUT2D eigenvalue weighted by Crippen LogP contribution is 2.25. The fraction of sp³-hybridized carbons (Fsp3) is 0. The standard InChI is InChI=1S/C14H8Cl3NO3/c15-7-1-3-9(11(17)5-7)13(19)18-12-6-8(16)2-4-10(12)14(20)21/h1-6H,(H,18,19)(H,20,21). The lowest BCUT2D eigenvalue weighted by molar-refractivity contribution is 0.0698. The molecule has 4 nitrogen and oxygen atoms in total. The lowest BCUT2D eigenvalue weighted by Crippen LogP contribution is -2.15. The van der Waals surface area contributed by atoms with Gasteiger partial charge >= 0.3 is 5.97 Å². The van der Waals surface area contributed by atoms with Crippen LogP contribution >= 0.6 is 34.8 Å². The molecule has 0 radical (unpaired) electrons. The number of hydrogen-bond acceptors (Lipinski definition) is 2. The molecule has 21 heavy (non-hydrogen) atoms. The van der Waals surface area contributed by atoms with Crippen LogP contribution in [0, 0.1) is 0 Å². The zero-order valence-electron chi connectivity index (χ0n) is 10.4. The van der Waals surface area contributed by atoms with E-state index in [4.69, 9.17) is 39.9 Å². The van der Waals surface area contributed by atoms with Crippen molar-refractivity contribution < 1.29 is 14.7 Å². The van der Waals surface area contributed by atoms with Crippen LogP contribution in [-0.4, -0.2) is 17.0 Å². The molecule has 0 unspecified atom stereocenters. The summed E-state index contributed by atoms with van der Waals surface area (Å²) < 4.78 is 0. The molecule has 0 fully saturated rings. The number of benzene rings is 2. The van der Waals surface area contributed by atoms with Gasteiger partial charge in [0.05, 0.1) is 21.8 Å². The van der Waals surface area contributed by atoms with Crippen molar-refractivity contribution >= 4 is 52.4 Å². The molecule has 7 heteroatoms. The summed E-state index contributed by atoms with van der Waals surface area (Å²) in [7, 11) is 0. The fourth-order valence-electron chi connectivity index (χ4n) is 1.67. The van der Waals surface area contributed by atoms with Crippen molar-refractivity contribution in [1.82, 2.24) is 0 Å². The Bertz CT molecular complexity index is 731. The van der Waals surface area contributed by atoms with Crippen molar-refractivity contribution in [2.75, 3.05) is 5.32 Å². The summed E-state index contributed by atoms with van der Waals surface area (Å²) in [6.45, 7) is 0. The third-order valence-electron chi connectivity index (χ3n) is 2.64. The van der Waals surface area contributed by atoms with E-state index in [1.165, 1.54) is 36.4 Å². The first-order chi connectivity index (χ1) is 9.88. The Morgan fingerprint density at radius 2 is 1.48 bits per heavy atom. The topological polar surface area (TPSA) is 66.4 Å². The van der Waals surface area contributed by atoms with Crippen molar-refractivity contribution in [2.45, 2.75) is 0 Å². The largest absolute Gasteiger partial charge is 0.478 e. The Labute approximate surface area is 135 Å². The van der Waals surface area contributed by atoms with E-state index in [9.17, 15) is 9.59 Å². The normalized spacial score (nSPS) is 10.2. The van der Waals surface area contributed by atoms with Gasteiger partial charge in [0.15, 0.2) is 0 Å². The first-order valence-corrected chi connectivity index (χ1v) is 6.81. The number of amides is 1. The van der Waals surface area contributed by atoms with E-state index < -0.39 is 11.9 Å². The Hall–Kier alpha value is -1.75. The highest BCUT2D eigenvalue weighted by Gasteiger charge is 2.16. The predicted molar refractivity (Wildman–Crippen MR) is 82.8 cm³/mol. The highest BCUT2D eigenvalue weighted by atomic mass is 35.5. The lowest BCUT2D eigenvalue weighted by atomic mass is 10.1. The second kappa shape index (κ2) is 6.35. The van der Waals surface area contributed by atoms with Gasteiger partial charge in [0.1, 0.15) is 0 Å². The summed E-state index contributed by atoms with van der Waals surface area (Å²) in [4.78, 5) is 23.3. The third-order valence-corrected chi connectivity index (χ3v) is 3.42. The van der Waals surface area contributed by atoms with E-state index >= 15 is 0 Å². The molecule has 0 spiro atoms. The summed E-state index contributed by atoms with van der Waals surface area (Å²) in [5.74, 6) is -1.73. The van der Waals surface area contributed by atoms with Gasteiger partial charge in [-0.15, -0.1) is 0 Å². The predicted octanol–water partition coefficient (Wildman–Crippen LogP) is 4.60. The molecule has 2 aromatic carbocycles. The first kappa shape index (κ1) is 15.6. The molecule has 0 heterocycles. The van der Waals surface area contributed by atoms with Crippen LogP contribution in [0.25, 0.3) is 0 Å². The summed E-state index contributed by atoms with van der Waals surface area (Å²) in [5.41, 5.74) is 0.196. The van der Waals surface area contributed by atoms with Crippen molar-refractivity contribution in [1.29, 1.82) is 0 Å². The Morgan fingerprint density at radius 3 is 2.05 bits per heavy atom. The van der Waals surface area contributed by atoms with Gasteiger partial charge in [-0.25, -0.2) is 4.79 Å². The summed E-state index contributed by atoms with van der Waals surface area (Å²) in [6, 6.07) is 8.48. The molecule has 0 saturated heterocycles. The van der Waals surface area contributed by atoms with E-state index in [-0.39, 0.29) is 21.8 Å². The van der Waals surface area contributed by atoms with Crippen LogP contribution in [0.3, 0.4) is 0 Å². The van der Waals surface area contributed by atoms with Crippen LogP contribution in [0.5, 0.6) is 0 Å². The smallest absolute Gasteiger partial charge is 0.337 e. The number of carboxylic acids is 1. The molecule has 2 aromatic rings. The van der Waals surface area contributed by atoms with Gasteiger partial charge in [0.2, 0.25) is 0 Å². The zero-order chi connectivity index (χ0) is 15.6. The van der Waals surface area contributed by atoms with Crippen LogP contribution in [-0.2, 0) is 0 Å². The third kappa shape index (κ3) is 3.67. The Balaban J connectivity index is 2.35. The van der Waals surface area contributed by atoms with Gasteiger partial charge in [-0.2, -0.15) is 0 Å². The number of carboxylic acid groups (broad SMARTS) is 1. The summed E-state index contributed by atoms with van der Waals surface area (Å²) >= 11 is 17.5. The van der Waals surface area contributed by atoms with Crippen LogP contribution in [0.2, 0.25) is 15.1 Å². The Kier molecular flexibility index (Phi) is 4.73. The summed E-state index contributed by atoms with van der Waals surface area (Å²) in [5, 5.41) is 12.4. The minimum atomic E-state index is -1.18. The van der Waals surface area contributed by atoms with Crippen molar-refractivity contribution in [3.63, 3.8) is 0 Å². The molecule has 0 aliphatic carbocycles. The molecule has 0 aromatic heterocycles. The van der Waals surface area contributed by atoms with Crippen molar-refractivity contribution in [3.8, 4) is 0 Å². The van der Waals surface area contributed by atoms with E-state index in [1.54, 1.807) is 0 Å². The number of hydrogen-bond donors (Lipinski definition) is 2. The molecule has 0 aliphatic rings. The molecular formula is C14H8Cl3NO3. The van der Waals surface area contributed by atoms with Crippen LogP contribution < -0.4 is 5.32 Å². The van der Waals surface area contributed by atoms with Gasteiger partial charge in [-0.3, -0.25) is 4.79 Å². The molecular weight excluding hydrogens is 337 g/mol. The number of carbonyl (C=O) groups excluding carboxylic acids is 1. The van der Waals surface area contributed by atoms with Crippen molar-refractivity contribution in [2.24, 2.45) is 0 Å².